The highest BCUT2D eigenvalue weighted by Crippen LogP contribution is 2.32. The number of benzene rings is 2. The molecular weight excluding hydrogens is 412 g/mol. The lowest BCUT2D eigenvalue weighted by molar-refractivity contribution is -0.138. The SMILES string of the molecule is CC(c1ccc(-c2ccc(=O)[nH]c2)cc1)N1CCC(CC(C)(C)O)CC1=O.c1ccccc1. The molecule has 4 rings (SSSR count). The first-order chi connectivity index (χ1) is 15.7. The number of likely N-dealkylation sites (tertiary alicyclic amines) is 1. The van der Waals surface area contributed by atoms with E-state index in [9.17, 15) is 14.7 Å². The Morgan fingerprint density at radius 1 is 0.970 bits per heavy atom. The number of aliphatic hydroxyl groups is 1. The van der Waals surface area contributed by atoms with E-state index in [0.717, 1.165) is 29.7 Å². The van der Waals surface area contributed by atoms with E-state index in [1.807, 2.05) is 65.6 Å². The van der Waals surface area contributed by atoms with Crippen molar-refractivity contribution in [2.45, 2.75) is 51.7 Å². The van der Waals surface area contributed by atoms with Crippen LogP contribution in [0.4, 0.5) is 0 Å². The van der Waals surface area contributed by atoms with Crippen LogP contribution < -0.4 is 5.56 Å². The molecule has 2 N–H and O–H groups in total. The maximum Gasteiger partial charge on any atom is 0.247 e. The number of hydrogen-bond donors (Lipinski definition) is 2. The van der Waals surface area contributed by atoms with Crippen LogP contribution in [0.2, 0.25) is 0 Å². The average molecular weight is 447 g/mol. The number of piperidine rings is 1. The second kappa shape index (κ2) is 11.1. The van der Waals surface area contributed by atoms with Crippen LogP contribution in [0, 0.1) is 5.92 Å². The number of aromatic nitrogens is 1. The van der Waals surface area contributed by atoms with Gasteiger partial charge < -0.3 is 15.0 Å². The summed E-state index contributed by atoms with van der Waals surface area (Å²) in [7, 11) is 0. The van der Waals surface area contributed by atoms with Crippen molar-refractivity contribution in [3.63, 3.8) is 0 Å². The van der Waals surface area contributed by atoms with Gasteiger partial charge in [0, 0.05) is 25.2 Å². The molecule has 2 aromatic carbocycles. The van der Waals surface area contributed by atoms with Gasteiger partial charge in [-0.05, 0) is 62.3 Å². The van der Waals surface area contributed by atoms with Gasteiger partial charge in [-0.1, -0.05) is 60.7 Å². The smallest absolute Gasteiger partial charge is 0.247 e. The van der Waals surface area contributed by atoms with Gasteiger partial charge in [-0.3, -0.25) is 9.59 Å². The Hall–Kier alpha value is -3.18. The molecule has 1 fully saturated rings. The van der Waals surface area contributed by atoms with Crippen molar-refractivity contribution >= 4 is 5.91 Å². The van der Waals surface area contributed by atoms with Gasteiger partial charge in [-0.15, -0.1) is 0 Å². The number of nitrogens with one attached hydrogen (secondary N) is 1. The van der Waals surface area contributed by atoms with Crippen LogP contribution in [-0.2, 0) is 4.79 Å². The number of carbonyl (C=O) groups is 1. The zero-order valence-corrected chi connectivity index (χ0v) is 19.7. The van der Waals surface area contributed by atoms with Crippen LogP contribution in [0.25, 0.3) is 11.1 Å². The standard InChI is InChI=1S/C22H28N2O3.C6H6/c1-15(24-11-10-16(12-21(24)26)13-22(2,3)27)17-4-6-18(7-5-17)19-8-9-20(25)23-14-19;1-2-4-6-5-3-1/h4-9,14-16,27H,10-13H2,1-3H3,(H,23,25);1-6H. The molecule has 33 heavy (non-hydrogen) atoms. The summed E-state index contributed by atoms with van der Waals surface area (Å²) in [6.07, 6.45) is 3.80. The van der Waals surface area contributed by atoms with Crippen molar-refractivity contribution in [2.24, 2.45) is 5.92 Å². The van der Waals surface area contributed by atoms with E-state index >= 15 is 0 Å². The summed E-state index contributed by atoms with van der Waals surface area (Å²) in [6, 6.07) is 23.5. The summed E-state index contributed by atoms with van der Waals surface area (Å²) in [5, 5.41) is 10.00. The quantitative estimate of drug-likeness (QED) is 0.566. The zero-order chi connectivity index (χ0) is 23.8. The molecule has 5 nitrogen and oxygen atoms in total. The third-order valence-corrected chi connectivity index (χ3v) is 5.99. The fourth-order valence-electron chi connectivity index (χ4n) is 4.31. The molecule has 2 unspecified atom stereocenters. The molecule has 2 atom stereocenters. The lowest BCUT2D eigenvalue weighted by Crippen LogP contribution is -2.41. The predicted octanol–water partition coefficient (Wildman–Crippen LogP) is 5.19. The van der Waals surface area contributed by atoms with E-state index in [1.165, 1.54) is 6.07 Å². The largest absolute Gasteiger partial charge is 0.390 e. The van der Waals surface area contributed by atoms with Gasteiger partial charge in [0.1, 0.15) is 0 Å². The minimum Gasteiger partial charge on any atom is -0.390 e. The van der Waals surface area contributed by atoms with E-state index in [4.69, 9.17) is 0 Å². The molecule has 5 heteroatoms. The molecular formula is C28H34N2O3. The van der Waals surface area contributed by atoms with Gasteiger partial charge in [0.25, 0.3) is 0 Å². The van der Waals surface area contributed by atoms with Crippen molar-refractivity contribution in [1.82, 2.24) is 9.88 Å². The lowest BCUT2D eigenvalue weighted by atomic mass is 9.85. The highest BCUT2D eigenvalue weighted by atomic mass is 16.3. The molecule has 2 heterocycles. The Morgan fingerprint density at radius 2 is 1.55 bits per heavy atom. The van der Waals surface area contributed by atoms with E-state index in [1.54, 1.807) is 26.1 Å². The first-order valence-corrected chi connectivity index (χ1v) is 11.5. The molecule has 0 bridgehead atoms. The Labute approximate surface area is 196 Å². The Bertz CT molecular complexity index is 1020. The first kappa shape index (κ1) is 24.5. The minimum atomic E-state index is -0.726. The zero-order valence-electron chi connectivity index (χ0n) is 19.7. The van der Waals surface area contributed by atoms with Crippen molar-refractivity contribution < 1.29 is 9.90 Å². The molecule has 1 saturated heterocycles. The fraction of sp³-hybridized carbons (Fsp3) is 0.357. The van der Waals surface area contributed by atoms with Crippen molar-refractivity contribution in [1.29, 1.82) is 0 Å². The van der Waals surface area contributed by atoms with Gasteiger partial charge in [0.15, 0.2) is 0 Å². The molecule has 1 aromatic heterocycles. The van der Waals surface area contributed by atoms with Crippen molar-refractivity contribution in [3.05, 3.63) is 94.9 Å². The van der Waals surface area contributed by atoms with E-state index in [-0.39, 0.29) is 23.4 Å². The van der Waals surface area contributed by atoms with Crippen molar-refractivity contribution in [3.8, 4) is 11.1 Å². The summed E-state index contributed by atoms with van der Waals surface area (Å²) in [5.74, 6) is 0.413. The molecule has 1 aliphatic heterocycles. The molecule has 3 aromatic rings. The molecule has 0 radical (unpaired) electrons. The van der Waals surface area contributed by atoms with Crippen LogP contribution >= 0.6 is 0 Å². The third-order valence-electron chi connectivity index (χ3n) is 5.99. The highest BCUT2D eigenvalue weighted by Gasteiger charge is 2.32. The second-order valence-electron chi connectivity index (χ2n) is 9.36. The van der Waals surface area contributed by atoms with Gasteiger partial charge in [0.2, 0.25) is 11.5 Å². The molecule has 1 aliphatic rings. The number of pyridine rings is 1. The fourth-order valence-corrected chi connectivity index (χ4v) is 4.31. The van der Waals surface area contributed by atoms with Gasteiger partial charge in [0.05, 0.1) is 11.6 Å². The number of aromatic amines is 1. The summed E-state index contributed by atoms with van der Waals surface area (Å²) < 4.78 is 0. The summed E-state index contributed by atoms with van der Waals surface area (Å²) in [4.78, 5) is 28.5. The topological polar surface area (TPSA) is 73.4 Å². The number of H-pyrrole nitrogens is 1. The van der Waals surface area contributed by atoms with E-state index in [2.05, 4.69) is 11.9 Å². The van der Waals surface area contributed by atoms with Gasteiger partial charge in [-0.2, -0.15) is 0 Å². The number of hydrogen-bond acceptors (Lipinski definition) is 3. The Balaban J connectivity index is 0.000000442. The van der Waals surface area contributed by atoms with Gasteiger partial charge >= 0.3 is 0 Å². The highest BCUT2D eigenvalue weighted by molar-refractivity contribution is 5.77. The second-order valence-corrected chi connectivity index (χ2v) is 9.36. The van der Waals surface area contributed by atoms with Crippen molar-refractivity contribution in [2.75, 3.05) is 6.54 Å². The van der Waals surface area contributed by atoms with E-state index < -0.39 is 5.60 Å². The average Bonchev–Trinajstić information content (AvgIpc) is 2.80. The van der Waals surface area contributed by atoms with Crippen LogP contribution in [-0.4, -0.2) is 33.0 Å². The molecule has 0 aliphatic carbocycles. The normalized spacial score (nSPS) is 17.2. The van der Waals surface area contributed by atoms with E-state index in [0.29, 0.717) is 12.8 Å². The maximum atomic E-state index is 12.6. The summed E-state index contributed by atoms with van der Waals surface area (Å²) >= 11 is 0. The lowest BCUT2D eigenvalue weighted by Gasteiger charge is -2.37. The predicted molar refractivity (Wildman–Crippen MR) is 133 cm³/mol. The minimum absolute atomic E-state index is 0.0187. The van der Waals surface area contributed by atoms with Crippen LogP contribution in [0.1, 0.15) is 51.6 Å². The molecule has 0 saturated carbocycles. The number of rotatable bonds is 5. The third kappa shape index (κ3) is 7.43. The van der Waals surface area contributed by atoms with Crippen LogP contribution in [0.5, 0.6) is 0 Å². The summed E-state index contributed by atoms with van der Waals surface area (Å²) in [6.45, 7) is 6.39. The number of nitrogens with zero attached hydrogens (tertiary/aromatic N) is 1. The number of amides is 1. The van der Waals surface area contributed by atoms with Gasteiger partial charge in [-0.25, -0.2) is 0 Å². The van der Waals surface area contributed by atoms with Crippen LogP contribution in [0.3, 0.4) is 0 Å². The maximum absolute atomic E-state index is 12.6. The molecule has 1 amide bonds. The summed E-state index contributed by atoms with van der Waals surface area (Å²) in [5.41, 5.74) is 2.23. The first-order valence-electron chi connectivity index (χ1n) is 11.5. The van der Waals surface area contributed by atoms with Crippen LogP contribution in [0.15, 0.2) is 83.8 Å². The molecule has 174 valence electrons. The monoisotopic (exact) mass is 446 g/mol. The molecule has 0 spiro atoms. The Morgan fingerprint density at radius 3 is 2.03 bits per heavy atom. The Kier molecular flexibility index (Phi) is 8.23. The number of carbonyl (C=O) groups excluding carboxylic acids is 1.